The predicted octanol–water partition coefficient (Wildman–Crippen LogP) is 1.32. The van der Waals surface area contributed by atoms with Crippen molar-refractivity contribution in [1.82, 2.24) is 10.6 Å². The molecule has 2 N–H and O–H groups in total. The number of amides is 2. The molecule has 1 saturated heterocycles. The highest BCUT2D eigenvalue weighted by atomic mass is 19.4. The monoisotopic (exact) mass is 272 g/mol. The normalized spacial score (nSPS) is 19.1. The summed E-state index contributed by atoms with van der Waals surface area (Å²) in [4.78, 5) is 22.8. The van der Waals surface area contributed by atoms with Crippen molar-refractivity contribution in [3.8, 4) is 0 Å². The summed E-state index contributed by atoms with van der Waals surface area (Å²) in [5, 5.41) is 4.91. The lowest BCUT2D eigenvalue weighted by Crippen LogP contribution is -2.37. The van der Waals surface area contributed by atoms with Crippen LogP contribution < -0.4 is 10.6 Å². The summed E-state index contributed by atoms with van der Waals surface area (Å²) in [5.74, 6) is -1.05. The van der Waals surface area contributed by atoms with Gasteiger partial charge >= 0.3 is 6.18 Å². The van der Waals surface area contributed by atoms with Gasteiger partial charge in [-0.3, -0.25) is 9.59 Å². The smallest absolute Gasteiger partial charge is 0.354 e. The van der Waals surface area contributed by atoms with Gasteiger partial charge in [-0.1, -0.05) is 12.1 Å². The van der Waals surface area contributed by atoms with Crippen molar-refractivity contribution in [1.29, 1.82) is 0 Å². The van der Waals surface area contributed by atoms with Crippen molar-refractivity contribution in [3.05, 3.63) is 35.4 Å². The fraction of sp³-hybridized carbons (Fsp3) is 0.333. The zero-order valence-electron chi connectivity index (χ0n) is 9.75. The molecule has 0 saturated carbocycles. The maximum Gasteiger partial charge on any atom is 0.417 e. The Balaban J connectivity index is 2.17. The first-order valence-corrected chi connectivity index (χ1v) is 5.61. The van der Waals surface area contributed by atoms with E-state index < -0.39 is 29.3 Å². The van der Waals surface area contributed by atoms with Gasteiger partial charge < -0.3 is 10.6 Å². The molecule has 2 rings (SSSR count). The SMILES string of the molecule is O=C1CC(NC(=O)c2ccccc2C(F)(F)F)CN1. The molecule has 1 aromatic carbocycles. The highest BCUT2D eigenvalue weighted by molar-refractivity contribution is 5.96. The minimum atomic E-state index is -4.59. The molecule has 1 aromatic rings. The van der Waals surface area contributed by atoms with Crippen LogP contribution in [0.2, 0.25) is 0 Å². The molecule has 1 atom stereocenters. The van der Waals surface area contributed by atoms with Gasteiger partial charge in [-0.2, -0.15) is 13.2 Å². The summed E-state index contributed by atoms with van der Waals surface area (Å²) < 4.78 is 38.2. The Morgan fingerprint density at radius 2 is 2.00 bits per heavy atom. The summed E-state index contributed by atoms with van der Waals surface area (Å²) in [6, 6.07) is 4.08. The Hall–Kier alpha value is -2.05. The molecule has 19 heavy (non-hydrogen) atoms. The van der Waals surface area contributed by atoms with E-state index in [2.05, 4.69) is 10.6 Å². The van der Waals surface area contributed by atoms with Crippen molar-refractivity contribution in [3.63, 3.8) is 0 Å². The zero-order chi connectivity index (χ0) is 14.0. The number of hydrogen-bond donors (Lipinski definition) is 2. The molecule has 1 aliphatic heterocycles. The molecule has 2 amide bonds. The molecule has 0 aromatic heterocycles. The first kappa shape index (κ1) is 13.4. The number of hydrogen-bond acceptors (Lipinski definition) is 2. The summed E-state index contributed by atoms with van der Waals surface area (Å²) in [6.45, 7) is 0.235. The third-order valence-corrected chi connectivity index (χ3v) is 2.79. The number of nitrogens with one attached hydrogen (secondary N) is 2. The van der Waals surface area contributed by atoms with Crippen LogP contribution in [-0.4, -0.2) is 24.4 Å². The molecule has 1 fully saturated rings. The van der Waals surface area contributed by atoms with Gasteiger partial charge in [0.25, 0.3) is 5.91 Å². The van der Waals surface area contributed by atoms with E-state index in [9.17, 15) is 22.8 Å². The Labute approximate surface area is 107 Å². The van der Waals surface area contributed by atoms with Crippen LogP contribution in [0.25, 0.3) is 0 Å². The molecular formula is C12H11F3N2O2. The van der Waals surface area contributed by atoms with Gasteiger partial charge in [-0.15, -0.1) is 0 Å². The second kappa shape index (κ2) is 4.91. The van der Waals surface area contributed by atoms with Gasteiger partial charge in [0, 0.05) is 13.0 Å². The van der Waals surface area contributed by atoms with Crippen LogP contribution in [0, 0.1) is 0 Å². The standard InChI is InChI=1S/C12H11F3N2O2/c13-12(14,15)9-4-2-1-3-8(9)11(19)17-7-5-10(18)16-6-7/h1-4,7H,5-6H2,(H,16,18)(H,17,19). The lowest BCUT2D eigenvalue weighted by atomic mass is 10.1. The highest BCUT2D eigenvalue weighted by Gasteiger charge is 2.35. The van der Waals surface area contributed by atoms with Gasteiger partial charge in [-0.25, -0.2) is 0 Å². The minimum absolute atomic E-state index is 0.0833. The van der Waals surface area contributed by atoms with Crippen molar-refractivity contribution in [2.75, 3.05) is 6.54 Å². The summed E-state index contributed by atoms with van der Waals surface area (Å²) in [7, 11) is 0. The number of alkyl halides is 3. The van der Waals surface area contributed by atoms with E-state index in [4.69, 9.17) is 0 Å². The van der Waals surface area contributed by atoms with Crippen LogP contribution in [0.15, 0.2) is 24.3 Å². The largest absolute Gasteiger partial charge is 0.417 e. The Morgan fingerprint density at radius 1 is 1.32 bits per heavy atom. The van der Waals surface area contributed by atoms with Crippen LogP contribution in [0.1, 0.15) is 22.3 Å². The number of carbonyl (C=O) groups is 2. The van der Waals surface area contributed by atoms with Crippen LogP contribution in [0.4, 0.5) is 13.2 Å². The number of halogens is 3. The summed E-state index contributed by atoms with van der Waals surface area (Å²) >= 11 is 0. The van der Waals surface area contributed by atoms with E-state index in [1.54, 1.807) is 0 Å². The topological polar surface area (TPSA) is 58.2 Å². The predicted molar refractivity (Wildman–Crippen MR) is 60.3 cm³/mol. The fourth-order valence-corrected chi connectivity index (χ4v) is 1.90. The lowest BCUT2D eigenvalue weighted by Gasteiger charge is -2.14. The van der Waals surface area contributed by atoms with Crippen LogP contribution in [-0.2, 0) is 11.0 Å². The first-order valence-electron chi connectivity index (χ1n) is 5.61. The van der Waals surface area contributed by atoms with E-state index in [-0.39, 0.29) is 18.9 Å². The molecule has 0 bridgehead atoms. The van der Waals surface area contributed by atoms with Crippen LogP contribution >= 0.6 is 0 Å². The second-order valence-corrected chi connectivity index (χ2v) is 4.22. The van der Waals surface area contributed by atoms with Crippen LogP contribution in [0.3, 0.4) is 0 Å². The maximum absolute atomic E-state index is 12.7. The van der Waals surface area contributed by atoms with E-state index in [1.165, 1.54) is 12.1 Å². The van der Waals surface area contributed by atoms with E-state index in [1.807, 2.05) is 0 Å². The van der Waals surface area contributed by atoms with Crippen molar-refractivity contribution in [2.45, 2.75) is 18.6 Å². The number of rotatable bonds is 2. The Kier molecular flexibility index (Phi) is 3.46. The van der Waals surface area contributed by atoms with Crippen molar-refractivity contribution >= 4 is 11.8 Å². The second-order valence-electron chi connectivity index (χ2n) is 4.22. The quantitative estimate of drug-likeness (QED) is 0.853. The maximum atomic E-state index is 12.7. The lowest BCUT2D eigenvalue weighted by molar-refractivity contribution is -0.138. The first-order chi connectivity index (χ1) is 8.88. The van der Waals surface area contributed by atoms with E-state index >= 15 is 0 Å². The third-order valence-electron chi connectivity index (χ3n) is 2.79. The van der Waals surface area contributed by atoms with E-state index in [0.717, 1.165) is 12.1 Å². The van der Waals surface area contributed by atoms with Gasteiger partial charge in [-0.05, 0) is 12.1 Å². The minimum Gasteiger partial charge on any atom is -0.354 e. The van der Waals surface area contributed by atoms with Gasteiger partial charge in [0.05, 0.1) is 17.2 Å². The average molecular weight is 272 g/mol. The molecule has 1 unspecified atom stereocenters. The molecule has 0 radical (unpaired) electrons. The number of benzene rings is 1. The fourth-order valence-electron chi connectivity index (χ4n) is 1.90. The van der Waals surface area contributed by atoms with Crippen molar-refractivity contribution < 1.29 is 22.8 Å². The average Bonchev–Trinajstić information content (AvgIpc) is 2.73. The van der Waals surface area contributed by atoms with E-state index in [0.29, 0.717) is 0 Å². The summed E-state index contributed by atoms with van der Waals surface area (Å²) in [6.07, 6.45) is -4.50. The van der Waals surface area contributed by atoms with Gasteiger partial charge in [0.2, 0.25) is 5.91 Å². The van der Waals surface area contributed by atoms with Crippen molar-refractivity contribution in [2.24, 2.45) is 0 Å². The molecule has 4 nitrogen and oxygen atoms in total. The zero-order valence-corrected chi connectivity index (χ0v) is 9.75. The number of carbonyl (C=O) groups excluding carboxylic acids is 2. The molecule has 102 valence electrons. The molecule has 7 heteroatoms. The summed E-state index contributed by atoms with van der Waals surface area (Å²) in [5.41, 5.74) is -1.42. The Bertz CT molecular complexity index is 514. The highest BCUT2D eigenvalue weighted by Crippen LogP contribution is 2.31. The van der Waals surface area contributed by atoms with Crippen LogP contribution in [0.5, 0.6) is 0 Å². The van der Waals surface area contributed by atoms with Gasteiger partial charge in [0.15, 0.2) is 0 Å². The van der Waals surface area contributed by atoms with Gasteiger partial charge in [0.1, 0.15) is 0 Å². The Morgan fingerprint density at radius 3 is 2.58 bits per heavy atom. The molecule has 0 aliphatic carbocycles. The molecule has 1 aliphatic rings. The molecular weight excluding hydrogens is 261 g/mol. The molecule has 0 spiro atoms. The molecule has 1 heterocycles. The third kappa shape index (κ3) is 3.04.